The molecule has 0 spiro atoms. The van der Waals surface area contributed by atoms with E-state index in [4.69, 9.17) is 16.3 Å². The van der Waals surface area contributed by atoms with Crippen LogP contribution in [0, 0.1) is 0 Å². The van der Waals surface area contributed by atoms with Crippen LogP contribution in [-0.4, -0.2) is 45.3 Å². The topological polar surface area (TPSA) is 24.5 Å². The summed E-state index contributed by atoms with van der Waals surface area (Å²) in [6, 6.07) is 7.93. The lowest BCUT2D eigenvalue weighted by atomic mass is 10.2. The molecule has 0 radical (unpaired) electrons. The second-order valence-corrected chi connectivity index (χ2v) is 4.54. The Hall–Kier alpha value is -0.610. The van der Waals surface area contributed by atoms with E-state index in [1.54, 1.807) is 7.11 Å². The van der Waals surface area contributed by atoms with E-state index in [0.717, 1.165) is 37.8 Å². The molecule has 0 unspecified atom stereocenters. The lowest BCUT2D eigenvalue weighted by Crippen LogP contribution is -2.31. The van der Waals surface area contributed by atoms with E-state index in [1.165, 1.54) is 5.56 Å². The van der Waals surface area contributed by atoms with Crippen molar-refractivity contribution in [2.45, 2.75) is 6.54 Å². The van der Waals surface area contributed by atoms with Gasteiger partial charge in [0, 0.05) is 38.3 Å². The van der Waals surface area contributed by atoms with Gasteiger partial charge in [-0.1, -0.05) is 23.7 Å². The predicted octanol–water partition coefficient (Wildman–Crippen LogP) is 2.01. The van der Waals surface area contributed by atoms with Crippen molar-refractivity contribution < 1.29 is 4.74 Å². The van der Waals surface area contributed by atoms with Crippen LogP contribution >= 0.6 is 11.6 Å². The second kappa shape index (κ2) is 8.48. The summed E-state index contributed by atoms with van der Waals surface area (Å²) in [5, 5.41) is 4.19. The largest absolute Gasteiger partial charge is 0.383 e. The highest BCUT2D eigenvalue weighted by Gasteiger charge is 1.97. The van der Waals surface area contributed by atoms with Crippen molar-refractivity contribution in [3.63, 3.8) is 0 Å². The molecule has 0 aliphatic rings. The zero-order valence-electron chi connectivity index (χ0n) is 10.6. The molecular weight excluding hydrogens is 236 g/mol. The number of rotatable bonds is 8. The average Bonchev–Trinajstić information content (AvgIpc) is 2.34. The van der Waals surface area contributed by atoms with Gasteiger partial charge in [-0.3, -0.25) is 0 Å². The summed E-state index contributed by atoms with van der Waals surface area (Å²) in [4.78, 5) is 2.25. The number of ether oxygens (including phenoxy) is 1. The first-order valence-electron chi connectivity index (χ1n) is 5.85. The van der Waals surface area contributed by atoms with Gasteiger partial charge in [0.05, 0.1) is 6.61 Å². The monoisotopic (exact) mass is 256 g/mol. The summed E-state index contributed by atoms with van der Waals surface area (Å²) in [5.41, 5.74) is 1.26. The number of likely N-dealkylation sites (N-methyl/N-ethyl adjacent to an activating group) is 1. The highest BCUT2D eigenvalue weighted by molar-refractivity contribution is 6.30. The molecule has 1 aromatic carbocycles. The van der Waals surface area contributed by atoms with E-state index in [-0.39, 0.29) is 0 Å². The lowest BCUT2D eigenvalue weighted by molar-refractivity contribution is 0.161. The third-order valence-electron chi connectivity index (χ3n) is 2.59. The van der Waals surface area contributed by atoms with Gasteiger partial charge in [0.2, 0.25) is 0 Å². The summed E-state index contributed by atoms with van der Waals surface area (Å²) in [6.45, 7) is 4.64. The first-order valence-corrected chi connectivity index (χ1v) is 6.23. The minimum atomic E-state index is 0.785. The Morgan fingerprint density at radius 1 is 1.24 bits per heavy atom. The van der Waals surface area contributed by atoms with Crippen LogP contribution in [0.1, 0.15) is 5.56 Å². The normalized spacial score (nSPS) is 11.1. The first kappa shape index (κ1) is 14.5. The fourth-order valence-electron chi connectivity index (χ4n) is 1.46. The molecule has 0 amide bonds. The van der Waals surface area contributed by atoms with Crippen LogP contribution in [0.2, 0.25) is 5.02 Å². The van der Waals surface area contributed by atoms with Crippen LogP contribution in [0.25, 0.3) is 0 Å². The van der Waals surface area contributed by atoms with Crippen LogP contribution in [0.5, 0.6) is 0 Å². The second-order valence-electron chi connectivity index (χ2n) is 4.10. The maximum absolute atomic E-state index is 5.82. The Morgan fingerprint density at radius 2 is 1.94 bits per heavy atom. The molecule has 1 aromatic rings. The maximum atomic E-state index is 5.82. The van der Waals surface area contributed by atoms with Crippen molar-refractivity contribution in [2.75, 3.05) is 40.4 Å². The highest BCUT2D eigenvalue weighted by atomic mass is 35.5. The van der Waals surface area contributed by atoms with Crippen LogP contribution in [-0.2, 0) is 11.3 Å². The summed E-state index contributed by atoms with van der Waals surface area (Å²) in [5.74, 6) is 0. The van der Waals surface area contributed by atoms with Crippen molar-refractivity contribution in [3.05, 3.63) is 34.9 Å². The fraction of sp³-hybridized carbons (Fsp3) is 0.538. The molecular formula is C13H21ClN2O. The van der Waals surface area contributed by atoms with Crippen LogP contribution < -0.4 is 5.32 Å². The van der Waals surface area contributed by atoms with Crippen molar-refractivity contribution in [1.82, 2.24) is 10.2 Å². The van der Waals surface area contributed by atoms with Crippen LogP contribution in [0.3, 0.4) is 0 Å². The number of methoxy groups -OCH3 is 1. The molecule has 0 aliphatic carbocycles. The predicted molar refractivity (Wildman–Crippen MR) is 72.5 cm³/mol. The number of nitrogens with one attached hydrogen (secondary N) is 1. The Bertz CT molecular complexity index is 303. The Morgan fingerprint density at radius 3 is 2.59 bits per heavy atom. The molecule has 17 heavy (non-hydrogen) atoms. The van der Waals surface area contributed by atoms with Crippen LogP contribution in [0.4, 0.5) is 0 Å². The van der Waals surface area contributed by atoms with Gasteiger partial charge >= 0.3 is 0 Å². The molecule has 1 rings (SSSR count). The number of nitrogens with zero attached hydrogens (tertiary/aromatic N) is 1. The van der Waals surface area contributed by atoms with Crippen molar-refractivity contribution in [2.24, 2.45) is 0 Å². The molecule has 0 atom stereocenters. The molecule has 0 aliphatic heterocycles. The lowest BCUT2D eigenvalue weighted by Gasteiger charge is -2.16. The van der Waals surface area contributed by atoms with Crippen LogP contribution in [0.15, 0.2) is 24.3 Å². The molecule has 1 N–H and O–H groups in total. The maximum Gasteiger partial charge on any atom is 0.0589 e. The highest BCUT2D eigenvalue weighted by Crippen LogP contribution is 2.08. The van der Waals surface area contributed by atoms with E-state index in [2.05, 4.69) is 17.3 Å². The summed E-state index contributed by atoms with van der Waals surface area (Å²) in [6.07, 6.45) is 0. The van der Waals surface area contributed by atoms with Gasteiger partial charge in [-0.05, 0) is 24.7 Å². The Kier molecular flexibility index (Phi) is 7.21. The van der Waals surface area contributed by atoms with Gasteiger partial charge in [-0.2, -0.15) is 0 Å². The van der Waals surface area contributed by atoms with E-state index < -0.39 is 0 Å². The van der Waals surface area contributed by atoms with Gasteiger partial charge in [0.15, 0.2) is 0 Å². The molecule has 0 bridgehead atoms. The van der Waals surface area contributed by atoms with E-state index in [0.29, 0.717) is 0 Å². The van der Waals surface area contributed by atoms with E-state index in [1.807, 2.05) is 24.3 Å². The summed E-state index contributed by atoms with van der Waals surface area (Å²) in [7, 11) is 3.83. The average molecular weight is 257 g/mol. The Labute approximate surface area is 109 Å². The zero-order chi connectivity index (χ0) is 12.5. The molecule has 0 fully saturated rings. The van der Waals surface area contributed by atoms with E-state index >= 15 is 0 Å². The van der Waals surface area contributed by atoms with Crippen molar-refractivity contribution in [1.29, 1.82) is 0 Å². The molecule has 3 nitrogen and oxygen atoms in total. The number of hydrogen-bond donors (Lipinski definition) is 1. The third-order valence-corrected chi connectivity index (χ3v) is 2.84. The van der Waals surface area contributed by atoms with Gasteiger partial charge in [-0.15, -0.1) is 0 Å². The minimum absolute atomic E-state index is 0.785. The molecule has 4 heteroatoms. The van der Waals surface area contributed by atoms with Gasteiger partial charge < -0.3 is 15.0 Å². The standard InChI is InChI=1S/C13H21ClN2O/c1-16(9-10-17-2)8-7-15-11-12-3-5-13(14)6-4-12/h3-6,15H,7-11H2,1-2H3. The van der Waals surface area contributed by atoms with Gasteiger partial charge in [-0.25, -0.2) is 0 Å². The molecule has 0 aromatic heterocycles. The number of halogens is 1. The smallest absolute Gasteiger partial charge is 0.0589 e. The third kappa shape index (κ3) is 6.64. The van der Waals surface area contributed by atoms with E-state index in [9.17, 15) is 0 Å². The fourth-order valence-corrected chi connectivity index (χ4v) is 1.59. The van der Waals surface area contributed by atoms with Gasteiger partial charge in [0.25, 0.3) is 0 Å². The van der Waals surface area contributed by atoms with Crippen molar-refractivity contribution >= 4 is 11.6 Å². The molecule has 0 saturated heterocycles. The van der Waals surface area contributed by atoms with Gasteiger partial charge in [0.1, 0.15) is 0 Å². The summed E-state index contributed by atoms with van der Waals surface area (Å²) < 4.78 is 5.02. The SMILES string of the molecule is COCCN(C)CCNCc1ccc(Cl)cc1. The first-order chi connectivity index (χ1) is 8.22. The van der Waals surface area contributed by atoms with Crippen molar-refractivity contribution in [3.8, 4) is 0 Å². The quantitative estimate of drug-likeness (QED) is 0.720. The summed E-state index contributed by atoms with van der Waals surface area (Å²) >= 11 is 5.82. The molecule has 96 valence electrons. The number of hydrogen-bond acceptors (Lipinski definition) is 3. The molecule has 0 saturated carbocycles. The number of benzene rings is 1. The Balaban J connectivity index is 2.09. The molecule has 0 heterocycles. The minimum Gasteiger partial charge on any atom is -0.383 e. The zero-order valence-corrected chi connectivity index (χ0v) is 11.3.